The van der Waals surface area contributed by atoms with Gasteiger partial charge in [0.15, 0.2) is 0 Å². The van der Waals surface area contributed by atoms with E-state index >= 15 is 0 Å². The van der Waals surface area contributed by atoms with Gasteiger partial charge in [0.2, 0.25) is 0 Å². The largest absolute Gasteiger partial charge is 0.389 e. The average molecular weight is 279 g/mol. The molecule has 0 radical (unpaired) electrons. The minimum atomic E-state index is 0.291. The van der Waals surface area contributed by atoms with Gasteiger partial charge >= 0.3 is 6.85 Å². The molecule has 0 fully saturated rings. The Morgan fingerprint density at radius 3 is 2.68 bits per heavy atom. The van der Waals surface area contributed by atoms with Crippen molar-refractivity contribution in [1.82, 2.24) is 4.81 Å². The third kappa shape index (κ3) is 1.61. The van der Waals surface area contributed by atoms with Crippen LogP contribution in [0.15, 0.2) is 66.9 Å². The molecule has 0 saturated carbocycles. The van der Waals surface area contributed by atoms with E-state index in [9.17, 15) is 0 Å². The smallest absolute Gasteiger partial charge is 0.320 e. The van der Waals surface area contributed by atoms with E-state index in [1.807, 2.05) is 0 Å². The summed E-state index contributed by atoms with van der Waals surface area (Å²) in [5.74, 6) is 2.40. The molecule has 0 aromatic heterocycles. The van der Waals surface area contributed by atoms with E-state index in [4.69, 9.17) is 0 Å². The van der Waals surface area contributed by atoms with Crippen LogP contribution in [0.25, 0.3) is 29.0 Å². The van der Waals surface area contributed by atoms with Gasteiger partial charge in [0.05, 0.1) is 0 Å². The lowest BCUT2D eigenvalue weighted by Crippen LogP contribution is -2.51. The van der Waals surface area contributed by atoms with Gasteiger partial charge in [-0.1, -0.05) is 66.6 Å². The van der Waals surface area contributed by atoms with Crippen LogP contribution in [0.4, 0.5) is 0 Å². The highest BCUT2D eigenvalue weighted by molar-refractivity contribution is 6.85. The lowest BCUT2D eigenvalue weighted by atomic mass is 9.51. The normalized spacial score (nSPS) is 14.7. The zero-order valence-corrected chi connectivity index (χ0v) is 12.1. The molecular formula is C20H14BN. The lowest BCUT2D eigenvalue weighted by Gasteiger charge is -2.30. The molecule has 0 spiro atoms. The Hall–Kier alpha value is -2.74. The predicted molar refractivity (Wildman–Crippen MR) is 94.8 cm³/mol. The summed E-state index contributed by atoms with van der Waals surface area (Å²) in [5.41, 5.74) is 2.69. The van der Waals surface area contributed by atoms with Gasteiger partial charge in [-0.3, -0.25) is 0 Å². The van der Waals surface area contributed by atoms with E-state index in [1.165, 1.54) is 32.2 Å². The second-order valence-corrected chi connectivity index (χ2v) is 5.92. The van der Waals surface area contributed by atoms with E-state index in [0.29, 0.717) is 6.85 Å². The van der Waals surface area contributed by atoms with Crippen molar-refractivity contribution in [2.45, 2.75) is 0 Å². The maximum atomic E-state index is 2.40. The van der Waals surface area contributed by atoms with Gasteiger partial charge in [0, 0.05) is 0 Å². The Balaban J connectivity index is 1.86. The number of benzene rings is 3. The first-order valence-electron chi connectivity index (χ1n) is 7.66. The topological polar surface area (TPSA) is 3.24 Å². The Morgan fingerprint density at radius 1 is 0.818 bits per heavy atom. The van der Waals surface area contributed by atoms with Crippen LogP contribution in [0.2, 0.25) is 0 Å². The van der Waals surface area contributed by atoms with Gasteiger partial charge in [-0.05, 0) is 50.7 Å². The van der Waals surface area contributed by atoms with Crippen molar-refractivity contribution in [2.75, 3.05) is 0 Å². The van der Waals surface area contributed by atoms with Gasteiger partial charge in [-0.2, -0.15) is 0 Å². The Kier molecular flexibility index (Phi) is 2.36. The fourth-order valence-corrected chi connectivity index (χ4v) is 3.58. The maximum absolute atomic E-state index is 2.40. The molecule has 1 nitrogen and oxygen atoms in total. The second-order valence-electron chi connectivity index (χ2n) is 5.92. The van der Waals surface area contributed by atoms with E-state index < -0.39 is 0 Å². The molecule has 2 aliphatic rings. The second kappa shape index (κ2) is 4.38. The van der Waals surface area contributed by atoms with Crippen molar-refractivity contribution in [2.24, 2.45) is 0 Å². The SMILES string of the molecule is C1=CN2C=c3ccc4ccccc4c3=CB2c2ccccc21. The molecule has 102 valence electrons. The zero-order valence-electron chi connectivity index (χ0n) is 12.1. The van der Waals surface area contributed by atoms with Crippen molar-refractivity contribution in [1.29, 1.82) is 0 Å². The van der Waals surface area contributed by atoms with E-state index in [-0.39, 0.29) is 0 Å². The standard InChI is InChI=1S/C20H14BN/c1-3-7-18-15(5-1)9-10-17-14-22-12-11-16-6-2-4-8-20(16)21(22)13-19(17)18/h1-14H. The first kappa shape index (κ1) is 11.9. The summed E-state index contributed by atoms with van der Waals surface area (Å²) < 4.78 is 0. The van der Waals surface area contributed by atoms with Crippen LogP contribution in [0.3, 0.4) is 0 Å². The van der Waals surface area contributed by atoms with Crippen LogP contribution in [-0.4, -0.2) is 11.7 Å². The third-order valence-corrected chi connectivity index (χ3v) is 4.68. The molecule has 2 heterocycles. The maximum Gasteiger partial charge on any atom is 0.320 e. The summed E-state index contributed by atoms with van der Waals surface area (Å²) in [5, 5.41) is 5.28. The highest BCUT2D eigenvalue weighted by Crippen LogP contribution is 2.15. The van der Waals surface area contributed by atoms with Crippen LogP contribution in [-0.2, 0) is 0 Å². The fraction of sp³-hybridized carbons (Fsp3) is 0. The molecule has 0 amide bonds. The van der Waals surface area contributed by atoms with Crippen molar-refractivity contribution < 1.29 is 0 Å². The number of fused-ring (bicyclic) bond motifs is 6. The van der Waals surface area contributed by atoms with Gasteiger partial charge in [0.1, 0.15) is 0 Å². The quantitative estimate of drug-likeness (QED) is 0.570. The highest BCUT2D eigenvalue weighted by atomic mass is 15.0. The minimum absolute atomic E-state index is 0.291. The zero-order chi connectivity index (χ0) is 14.5. The summed E-state index contributed by atoms with van der Waals surface area (Å²) in [6, 6.07) is 21.7. The number of rotatable bonds is 0. The Bertz CT molecular complexity index is 1050. The first-order chi connectivity index (χ1) is 10.9. The van der Waals surface area contributed by atoms with Crippen LogP contribution in [0.1, 0.15) is 5.56 Å². The molecule has 2 aliphatic heterocycles. The summed E-state index contributed by atoms with van der Waals surface area (Å²) in [6.07, 6.45) is 6.64. The van der Waals surface area contributed by atoms with Gasteiger partial charge in [-0.25, -0.2) is 0 Å². The summed E-state index contributed by atoms with van der Waals surface area (Å²) in [7, 11) is 0. The number of hydrogen-bond acceptors (Lipinski definition) is 1. The Labute approximate surface area is 129 Å². The average Bonchev–Trinajstić information content (AvgIpc) is 2.60. The number of hydrogen-bond donors (Lipinski definition) is 0. The van der Waals surface area contributed by atoms with Crippen LogP contribution >= 0.6 is 0 Å². The first-order valence-corrected chi connectivity index (χ1v) is 7.66. The molecular weight excluding hydrogens is 265 g/mol. The Morgan fingerprint density at radius 2 is 1.68 bits per heavy atom. The van der Waals surface area contributed by atoms with Crippen molar-refractivity contribution >= 4 is 41.3 Å². The fourth-order valence-electron chi connectivity index (χ4n) is 3.58. The van der Waals surface area contributed by atoms with Gasteiger partial charge in [0.25, 0.3) is 0 Å². The molecule has 5 rings (SSSR count). The predicted octanol–water partition coefficient (Wildman–Crippen LogP) is 2.10. The van der Waals surface area contributed by atoms with Crippen molar-refractivity contribution in [3.8, 4) is 0 Å². The monoisotopic (exact) mass is 279 g/mol. The van der Waals surface area contributed by atoms with Crippen LogP contribution in [0, 0.1) is 0 Å². The van der Waals surface area contributed by atoms with Crippen molar-refractivity contribution in [3.05, 3.63) is 82.9 Å². The molecule has 0 atom stereocenters. The van der Waals surface area contributed by atoms with Gasteiger partial charge in [-0.15, -0.1) is 0 Å². The van der Waals surface area contributed by atoms with E-state index in [1.54, 1.807) is 0 Å². The van der Waals surface area contributed by atoms with Crippen LogP contribution in [0.5, 0.6) is 0 Å². The molecule has 3 aromatic rings. The van der Waals surface area contributed by atoms with Gasteiger partial charge < -0.3 is 4.81 Å². The molecule has 0 aliphatic carbocycles. The minimum Gasteiger partial charge on any atom is -0.389 e. The summed E-state index contributed by atoms with van der Waals surface area (Å²) in [6.45, 7) is 0.291. The number of nitrogens with zero attached hydrogens (tertiary/aromatic N) is 1. The molecule has 22 heavy (non-hydrogen) atoms. The van der Waals surface area contributed by atoms with E-state index in [2.05, 4.69) is 89.9 Å². The molecule has 0 bridgehead atoms. The molecule has 0 saturated heterocycles. The molecule has 0 unspecified atom stereocenters. The third-order valence-electron chi connectivity index (χ3n) is 4.68. The summed E-state index contributed by atoms with van der Waals surface area (Å²) >= 11 is 0. The molecule has 3 aromatic carbocycles. The van der Waals surface area contributed by atoms with Crippen LogP contribution < -0.4 is 15.9 Å². The summed E-state index contributed by atoms with van der Waals surface area (Å²) in [4.78, 5) is 2.31. The van der Waals surface area contributed by atoms with Crippen molar-refractivity contribution in [3.63, 3.8) is 0 Å². The van der Waals surface area contributed by atoms with E-state index in [0.717, 1.165) is 0 Å². The lowest BCUT2D eigenvalue weighted by molar-refractivity contribution is 0.865. The molecule has 0 N–H and O–H groups in total. The highest BCUT2D eigenvalue weighted by Gasteiger charge is 2.26. The molecule has 2 heteroatoms.